The van der Waals surface area contributed by atoms with Gasteiger partial charge in [0.25, 0.3) is 0 Å². The van der Waals surface area contributed by atoms with Crippen molar-refractivity contribution in [3.05, 3.63) is 95.6 Å². The van der Waals surface area contributed by atoms with Crippen LogP contribution in [0.15, 0.2) is 78.9 Å². The van der Waals surface area contributed by atoms with Gasteiger partial charge in [-0.1, -0.05) is 199 Å². The van der Waals surface area contributed by atoms with Gasteiger partial charge in [0.1, 0.15) is 55.1 Å². The summed E-state index contributed by atoms with van der Waals surface area (Å²) >= 11 is 0. The van der Waals surface area contributed by atoms with Crippen molar-refractivity contribution in [1.29, 1.82) is 0 Å². The molecule has 5 amide bonds. The molecule has 0 radical (unpaired) electrons. The van der Waals surface area contributed by atoms with Crippen molar-refractivity contribution in [2.45, 2.75) is 234 Å². The third-order valence-electron chi connectivity index (χ3n) is 15.0. The number of rotatable bonds is 36. The lowest BCUT2D eigenvalue weighted by Crippen LogP contribution is -2.60. The van der Waals surface area contributed by atoms with Crippen LogP contribution in [-0.2, 0) is 59.1 Å². The van der Waals surface area contributed by atoms with Crippen LogP contribution < -0.4 is 26.6 Å². The Morgan fingerprint density at radius 3 is 1.56 bits per heavy atom. The quantitative estimate of drug-likeness (QED) is 0.0208. The van der Waals surface area contributed by atoms with Gasteiger partial charge in [-0.25, -0.2) is 9.59 Å². The predicted octanol–water partition coefficient (Wildman–Crippen LogP) is 11.3. The highest BCUT2D eigenvalue weighted by Crippen LogP contribution is 2.44. The number of ether oxygens (including phenoxy) is 4. The van der Waals surface area contributed by atoms with Crippen LogP contribution in [0, 0.1) is 23.7 Å². The Labute approximate surface area is 500 Å². The normalized spacial score (nSPS) is 14.6. The van der Waals surface area contributed by atoms with E-state index in [-0.39, 0.29) is 50.2 Å². The fourth-order valence-corrected chi connectivity index (χ4v) is 10.3. The summed E-state index contributed by atoms with van der Waals surface area (Å²) in [6.45, 7) is 21.8. The fraction of sp³-hybridized carbons (Fsp3) is 0.612. The highest BCUT2D eigenvalue weighted by atomic mass is 16.6. The van der Waals surface area contributed by atoms with E-state index >= 15 is 0 Å². The lowest BCUT2D eigenvalue weighted by Gasteiger charge is -2.30. The Bertz CT molecular complexity index is 2530. The number of hydrogen-bond acceptors (Lipinski definition) is 12. The molecule has 0 heterocycles. The Hall–Kier alpha value is -6.78. The molecule has 3 aromatic rings. The zero-order valence-corrected chi connectivity index (χ0v) is 52.3. The number of fused-ring (bicyclic) bond motifs is 3. The molecule has 1 aliphatic rings. The maximum atomic E-state index is 14.6. The number of esters is 3. The van der Waals surface area contributed by atoms with Crippen LogP contribution >= 0.6 is 0 Å². The Kier molecular flexibility index (Phi) is 29.5. The molecule has 84 heavy (non-hydrogen) atoms. The molecule has 5 N–H and O–H groups in total. The van der Waals surface area contributed by atoms with Crippen molar-refractivity contribution >= 4 is 47.6 Å². The number of nitrogens with one attached hydrogen (secondary N) is 5. The molecule has 0 aliphatic heterocycles. The maximum absolute atomic E-state index is 14.6. The van der Waals surface area contributed by atoms with Crippen LogP contribution in [0.3, 0.4) is 0 Å². The summed E-state index contributed by atoms with van der Waals surface area (Å²) in [5.41, 5.74) is 4.04. The van der Waals surface area contributed by atoms with E-state index in [1.807, 2.05) is 113 Å². The van der Waals surface area contributed by atoms with Gasteiger partial charge in [0, 0.05) is 5.92 Å². The van der Waals surface area contributed by atoms with Crippen molar-refractivity contribution < 1.29 is 57.3 Å². The van der Waals surface area contributed by atoms with Crippen LogP contribution in [0.25, 0.3) is 11.1 Å². The topological polar surface area (TPSA) is 234 Å². The summed E-state index contributed by atoms with van der Waals surface area (Å²) in [5.74, 6) is -6.59. The SMILES string of the molecule is CCCCCCCCCCCC(CC(=O)OCc1ccccc1)OC(=O)[C@@H](NC(=O)[C@@H](CC(C)C)NC(=O)[C@H](CC(=O)OC(C)(C)C)NC(=O)[C@@H](NC(=O)[C@@H](CC(C)C)NC(=O)OCC1c2ccccc2-c2ccccc21)C(C)C)[C@@H](C)CC. The maximum Gasteiger partial charge on any atom is 0.407 e. The van der Waals surface area contributed by atoms with Crippen molar-refractivity contribution in [3.8, 4) is 11.1 Å². The molecule has 1 unspecified atom stereocenters. The smallest absolute Gasteiger partial charge is 0.407 e. The molecular weight excluding hydrogens is 1070 g/mol. The molecule has 17 heteroatoms. The van der Waals surface area contributed by atoms with E-state index in [0.29, 0.717) is 19.3 Å². The third kappa shape index (κ3) is 24.1. The second-order valence-electron chi connectivity index (χ2n) is 24.8. The fourth-order valence-electron chi connectivity index (χ4n) is 10.3. The van der Waals surface area contributed by atoms with E-state index in [2.05, 4.69) is 33.5 Å². The molecule has 3 aromatic carbocycles. The minimum atomic E-state index is -1.60. The molecule has 0 saturated heterocycles. The van der Waals surface area contributed by atoms with Gasteiger partial charge in [0.2, 0.25) is 23.6 Å². The highest BCUT2D eigenvalue weighted by molar-refractivity contribution is 5.97. The van der Waals surface area contributed by atoms with E-state index < -0.39 is 108 Å². The minimum absolute atomic E-state index is 0.0220. The second-order valence-corrected chi connectivity index (χ2v) is 24.8. The van der Waals surface area contributed by atoms with Crippen molar-refractivity contribution in [2.24, 2.45) is 23.7 Å². The van der Waals surface area contributed by atoms with Crippen LogP contribution in [0.2, 0.25) is 0 Å². The summed E-state index contributed by atoms with van der Waals surface area (Å²) in [7, 11) is 0. The number of alkyl carbamates (subject to hydrolysis) is 1. The summed E-state index contributed by atoms with van der Waals surface area (Å²) in [4.78, 5) is 112. The standard InChI is InChI=1S/C67H99N5O12/c1-13-15-16-17-18-19-20-21-25-32-48(39-57(73)81-41-47-30-23-22-24-31-47)83-65(79)60(46(9)14-2)72-62(76)54(37-43(3)4)68-61(75)56(40-58(74)84-67(10,11)12)69-64(78)59(45(7)8)71-63(77)55(38-44(5)6)70-66(80)82-42-53-51-35-28-26-33-49(51)50-34-27-29-36-52(50)53/h22-24,26-31,33-36,43-46,48,53-56,59-60H,13-21,25,32,37-42H2,1-12H3,(H,68,75)(H,69,78)(H,70,80)(H,71,77)(H,72,76)/t46-,48?,54+,55+,56-,59-,60-/m0/s1. The number of unbranched alkanes of at least 4 members (excludes halogenated alkanes) is 8. The predicted molar refractivity (Wildman–Crippen MR) is 326 cm³/mol. The summed E-state index contributed by atoms with van der Waals surface area (Å²) in [6, 6.07) is 18.8. The van der Waals surface area contributed by atoms with Crippen molar-refractivity contribution in [3.63, 3.8) is 0 Å². The Morgan fingerprint density at radius 1 is 0.524 bits per heavy atom. The van der Waals surface area contributed by atoms with Crippen molar-refractivity contribution in [2.75, 3.05) is 6.61 Å². The van der Waals surface area contributed by atoms with Crippen LogP contribution in [-0.4, -0.2) is 96.2 Å². The molecule has 0 aromatic heterocycles. The number of hydrogen-bond donors (Lipinski definition) is 5. The number of carbonyl (C=O) groups is 8. The lowest BCUT2D eigenvalue weighted by atomic mass is 9.97. The molecule has 0 saturated carbocycles. The minimum Gasteiger partial charge on any atom is -0.461 e. The highest BCUT2D eigenvalue weighted by Gasteiger charge is 2.38. The average molecular weight is 1170 g/mol. The first kappa shape index (κ1) is 69.7. The van der Waals surface area contributed by atoms with E-state index in [1.165, 1.54) is 25.7 Å². The molecule has 1 aliphatic carbocycles. The van der Waals surface area contributed by atoms with Gasteiger partial charge < -0.3 is 45.5 Å². The average Bonchev–Trinajstić information content (AvgIpc) is 3.99. The first-order chi connectivity index (χ1) is 39.9. The largest absolute Gasteiger partial charge is 0.461 e. The molecule has 0 bridgehead atoms. The van der Waals surface area contributed by atoms with Crippen LogP contribution in [0.4, 0.5) is 4.79 Å². The summed E-state index contributed by atoms with van der Waals surface area (Å²) in [5, 5.41) is 13.8. The van der Waals surface area contributed by atoms with Gasteiger partial charge in [-0.05, 0) is 97.9 Å². The number of carbonyl (C=O) groups excluding carboxylic acids is 8. The number of benzene rings is 3. The molecule has 0 spiro atoms. The summed E-state index contributed by atoms with van der Waals surface area (Å²) < 4.78 is 23.1. The zero-order chi connectivity index (χ0) is 61.9. The van der Waals surface area contributed by atoms with Gasteiger partial charge in [-0.2, -0.15) is 0 Å². The number of amides is 5. The van der Waals surface area contributed by atoms with Gasteiger partial charge in [0.05, 0.1) is 12.8 Å². The Morgan fingerprint density at radius 2 is 1.02 bits per heavy atom. The van der Waals surface area contributed by atoms with E-state index in [4.69, 9.17) is 18.9 Å². The van der Waals surface area contributed by atoms with Gasteiger partial charge in [0.15, 0.2) is 0 Å². The Balaban J connectivity index is 1.50. The molecule has 464 valence electrons. The van der Waals surface area contributed by atoms with E-state index in [1.54, 1.807) is 41.5 Å². The second kappa shape index (κ2) is 35.5. The zero-order valence-electron chi connectivity index (χ0n) is 52.3. The summed E-state index contributed by atoms with van der Waals surface area (Å²) in [6.07, 6.45) is 8.44. The monoisotopic (exact) mass is 1170 g/mol. The van der Waals surface area contributed by atoms with E-state index in [0.717, 1.165) is 53.5 Å². The molecule has 0 fully saturated rings. The molecule has 17 nitrogen and oxygen atoms in total. The molecule has 4 rings (SSSR count). The van der Waals surface area contributed by atoms with Crippen molar-refractivity contribution in [1.82, 2.24) is 26.6 Å². The molecule has 7 atom stereocenters. The first-order valence-electron chi connectivity index (χ1n) is 30.9. The van der Waals surface area contributed by atoms with E-state index in [9.17, 15) is 38.4 Å². The lowest BCUT2D eigenvalue weighted by molar-refractivity contribution is -0.160. The third-order valence-corrected chi connectivity index (χ3v) is 15.0. The van der Waals surface area contributed by atoms with Gasteiger partial charge >= 0.3 is 24.0 Å². The molecular formula is C67H99N5O12. The van der Waals surface area contributed by atoms with Crippen LogP contribution in [0.1, 0.15) is 202 Å². The van der Waals surface area contributed by atoms with Gasteiger partial charge in [-0.3, -0.25) is 28.8 Å². The first-order valence-corrected chi connectivity index (χ1v) is 30.9. The van der Waals surface area contributed by atoms with Gasteiger partial charge in [-0.15, -0.1) is 0 Å². The van der Waals surface area contributed by atoms with Crippen LogP contribution in [0.5, 0.6) is 0 Å².